The SMILES string of the molecule is COc1ccc(S(=O)(=O)N(CCc2ccc(OC)c(OC)c2)Cc2sccc2C)cc1. The topological polar surface area (TPSA) is 65.1 Å². The summed E-state index contributed by atoms with van der Waals surface area (Å²) in [7, 11) is 1.04. The minimum Gasteiger partial charge on any atom is -0.497 e. The van der Waals surface area contributed by atoms with Gasteiger partial charge >= 0.3 is 0 Å². The molecular weight excluding hydrogens is 434 g/mol. The third-order valence-electron chi connectivity index (χ3n) is 5.08. The quantitative estimate of drug-likeness (QED) is 0.444. The van der Waals surface area contributed by atoms with Crippen molar-refractivity contribution in [3.8, 4) is 17.2 Å². The van der Waals surface area contributed by atoms with Crippen LogP contribution in [0.15, 0.2) is 58.8 Å². The fourth-order valence-corrected chi connectivity index (χ4v) is 5.61. The minimum absolute atomic E-state index is 0.245. The zero-order valence-corrected chi connectivity index (χ0v) is 19.8. The molecule has 8 heteroatoms. The molecule has 0 spiro atoms. The summed E-state index contributed by atoms with van der Waals surface area (Å²) in [5.41, 5.74) is 2.06. The van der Waals surface area contributed by atoms with E-state index in [2.05, 4.69) is 0 Å². The van der Waals surface area contributed by atoms with Crippen LogP contribution in [0, 0.1) is 6.92 Å². The van der Waals surface area contributed by atoms with Gasteiger partial charge < -0.3 is 14.2 Å². The van der Waals surface area contributed by atoms with Gasteiger partial charge in [0.25, 0.3) is 0 Å². The number of benzene rings is 2. The Morgan fingerprint density at radius 1 is 0.903 bits per heavy atom. The van der Waals surface area contributed by atoms with Gasteiger partial charge in [-0.05, 0) is 72.3 Å². The van der Waals surface area contributed by atoms with E-state index in [-0.39, 0.29) is 4.90 Å². The van der Waals surface area contributed by atoms with Gasteiger partial charge in [-0.25, -0.2) is 8.42 Å². The normalized spacial score (nSPS) is 11.5. The Hall–Kier alpha value is -2.55. The predicted octanol–water partition coefficient (Wildman–Crippen LogP) is 4.52. The maximum Gasteiger partial charge on any atom is 0.243 e. The molecule has 0 saturated carbocycles. The minimum atomic E-state index is -3.69. The second-order valence-corrected chi connectivity index (χ2v) is 9.92. The second-order valence-electron chi connectivity index (χ2n) is 6.98. The number of methoxy groups -OCH3 is 3. The summed E-state index contributed by atoms with van der Waals surface area (Å²) in [5.74, 6) is 1.88. The van der Waals surface area contributed by atoms with Crippen LogP contribution >= 0.6 is 11.3 Å². The Morgan fingerprint density at radius 3 is 2.19 bits per heavy atom. The van der Waals surface area contributed by atoms with Crippen molar-refractivity contribution < 1.29 is 22.6 Å². The molecule has 31 heavy (non-hydrogen) atoms. The second kappa shape index (κ2) is 10.2. The van der Waals surface area contributed by atoms with Crippen LogP contribution < -0.4 is 14.2 Å². The van der Waals surface area contributed by atoms with Crippen molar-refractivity contribution in [2.75, 3.05) is 27.9 Å². The van der Waals surface area contributed by atoms with Gasteiger partial charge in [0.15, 0.2) is 11.5 Å². The van der Waals surface area contributed by atoms with Crippen molar-refractivity contribution in [3.05, 3.63) is 69.9 Å². The molecule has 3 aromatic rings. The highest BCUT2D eigenvalue weighted by atomic mass is 32.2. The van der Waals surface area contributed by atoms with Crippen molar-refractivity contribution in [3.63, 3.8) is 0 Å². The molecular formula is C23H27NO5S2. The lowest BCUT2D eigenvalue weighted by atomic mass is 10.1. The van der Waals surface area contributed by atoms with E-state index in [1.807, 2.05) is 36.6 Å². The summed E-state index contributed by atoms with van der Waals surface area (Å²) >= 11 is 1.57. The van der Waals surface area contributed by atoms with E-state index in [1.54, 1.807) is 56.9 Å². The zero-order valence-electron chi connectivity index (χ0n) is 18.1. The Bertz CT molecular complexity index is 1110. The fourth-order valence-electron chi connectivity index (χ4n) is 3.20. The van der Waals surface area contributed by atoms with E-state index in [1.165, 1.54) is 4.31 Å². The molecule has 0 bridgehead atoms. The van der Waals surface area contributed by atoms with E-state index >= 15 is 0 Å². The molecule has 0 N–H and O–H groups in total. The highest BCUT2D eigenvalue weighted by Crippen LogP contribution is 2.29. The largest absolute Gasteiger partial charge is 0.497 e. The number of sulfonamides is 1. The summed E-state index contributed by atoms with van der Waals surface area (Å²) in [6.07, 6.45) is 0.542. The molecule has 0 radical (unpaired) electrons. The van der Waals surface area contributed by atoms with Crippen LogP contribution in [0.3, 0.4) is 0 Å². The summed E-state index contributed by atoms with van der Waals surface area (Å²) in [6, 6.07) is 14.1. The van der Waals surface area contributed by atoms with Gasteiger partial charge in [-0.15, -0.1) is 11.3 Å². The van der Waals surface area contributed by atoms with Crippen LogP contribution in [0.25, 0.3) is 0 Å². The van der Waals surface area contributed by atoms with E-state index in [0.717, 1.165) is 16.0 Å². The molecule has 0 atom stereocenters. The monoisotopic (exact) mass is 461 g/mol. The molecule has 0 saturated heterocycles. The van der Waals surface area contributed by atoms with Crippen molar-refractivity contribution in [2.45, 2.75) is 24.8 Å². The first-order chi connectivity index (χ1) is 14.9. The third-order valence-corrected chi connectivity index (χ3v) is 7.95. The number of thiophene rings is 1. The Morgan fingerprint density at radius 2 is 1.61 bits per heavy atom. The van der Waals surface area contributed by atoms with Gasteiger partial charge in [0, 0.05) is 18.0 Å². The molecule has 0 fully saturated rings. The standard InChI is InChI=1S/C23H27NO5S2/c1-17-12-14-30-23(17)16-24(31(25,26)20-8-6-19(27-2)7-9-20)13-11-18-5-10-21(28-3)22(15-18)29-4/h5-10,12,14-15H,11,13,16H2,1-4H3. The molecule has 6 nitrogen and oxygen atoms in total. The average Bonchev–Trinajstić information content (AvgIpc) is 3.20. The average molecular weight is 462 g/mol. The molecule has 0 aliphatic rings. The first-order valence-corrected chi connectivity index (χ1v) is 12.1. The van der Waals surface area contributed by atoms with Crippen LogP contribution in [-0.2, 0) is 23.0 Å². The highest BCUT2D eigenvalue weighted by Gasteiger charge is 2.25. The molecule has 0 unspecified atom stereocenters. The molecule has 0 aliphatic carbocycles. The van der Waals surface area contributed by atoms with E-state index in [4.69, 9.17) is 14.2 Å². The number of hydrogen-bond acceptors (Lipinski definition) is 6. The maximum atomic E-state index is 13.5. The molecule has 0 amide bonds. The van der Waals surface area contributed by atoms with Crippen LogP contribution in [0.5, 0.6) is 17.2 Å². The zero-order chi connectivity index (χ0) is 22.4. The highest BCUT2D eigenvalue weighted by molar-refractivity contribution is 7.89. The maximum absolute atomic E-state index is 13.5. The van der Waals surface area contributed by atoms with Crippen LogP contribution in [0.1, 0.15) is 16.0 Å². The Balaban J connectivity index is 1.88. The summed E-state index contributed by atoms with van der Waals surface area (Å²) in [5, 5.41) is 1.98. The summed E-state index contributed by atoms with van der Waals surface area (Å²) < 4.78 is 44.3. The first kappa shape index (κ1) is 23.1. The smallest absolute Gasteiger partial charge is 0.243 e. The first-order valence-electron chi connectivity index (χ1n) is 9.77. The molecule has 1 aromatic heterocycles. The van der Waals surface area contributed by atoms with Gasteiger partial charge in [0.05, 0.1) is 26.2 Å². The molecule has 3 rings (SSSR count). The van der Waals surface area contributed by atoms with Crippen molar-refractivity contribution in [1.29, 1.82) is 0 Å². The third kappa shape index (κ3) is 5.39. The predicted molar refractivity (Wildman–Crippen MR) is 123 cm³/mol. The van der Waals surface area contributed by atoms with Gasteiger partial charge in [-0.1, -0.05) is 6.07 Å². The Labute approximate surface area is 188 Å². The number of ether oxygens (including phenoxy) is 3. The Kier molecular flexibility index (Phi) is 7.59. The van der Waals surface area contributed by atoms with Gasteiger partial charge in [-0.3, -0.25) is 0 Å². The van der Waals surface area contributed by atoms with E-state index in [9.17, 15) is 8.42 Å². The van der Waals surface area contributed by atoms with E-state index in [0.29, 0.717) is 36.8 Å². The number of nitrogens with zero attached hydrogens (tertiary/aromatic N) is 1. The molecule has 2 aromatic carbocycles. The van der Waals surface area contributed by atoms with Gasteiger partial charge in [0.1, 0.15) is 5.75 Å². The van der Waals surface area contributed by atoms with Crippen LogP contribution in [0.4, 0.5) is 0 Å². The fraction of sp³-hybridized carbons (Fsp3) is 0.304. The lowest BCUT2D eigenvalue weighted by Gasteiger charge is -2.22. The molecule has 166 valence electrons. The summed E-state index contributed by atoms with van der Waals surface area (Å²) in [4.78, 5) is 1.28. The van der Waals surface area contributed by atoms with Crippen molar-refractivity contribution >= 4 is 21.4 Å². The lowest BCUT2D eigenvalue weighted by Crippen LogP contribution is -2.32. The van der Waals surface area contributed by atoms with Crippen LogP contribution in [0.2, 0.25) is 0 Å². The van der Waals surface area contributed by atoms with Crippen molar-refractivity contribution in [2.24, 2.45) is 0 Å². The molecule has 0 aliphatic heterocycles. The number of rotatable bonds is 10. The van der Waals surface area contributed by atoms with Gasteiger partial charge in [-0.2, -0.15) is 4.31 Å². The lowest BCUT2D eigenvalue weighted by molar-refractivity contribution is 0.354. The van der Waals surface area contributed by atoms with Crippen molar-refractivity contribution in [1.82, 2.24) is 4.31 Å². The number of aryl methyl sites for hydroxylation is 1. The van der Waals surface area contributed by atoms with E-state index < -0.39 is 10.0 Å². The summed E-state index contributed by atoms with van der Waals surface area (Å²) in [6.45, 7) is 2.66. The number of hydrogen-bond donors (Lipinski definition) is 0. The van der Waals surface area contributed by atoms with Crippen LogP contribution in [-0.4, -0.2) is 40.6 Å². The van der Waals surface area contributed by atoms with Gasteiger partial charge in [0.2, 0.25) is 10.0 Å². The molecule has 1 heterocycles.